The summed E-state index contributed by atoms with van der Waals surface area (Å²) in [4.78, 5) is 151. The van der Waals surface area contributed by atoms with E-state index in [9.17, 15) is 58.8 Å². The van der Waals surface area contributed by atoms with Crippen LogP contribution in [0.3, 0.4) is 0 Å². The maximum atomic E-state index is 13.5. The molecule has 3 unspecified atom stereocenters. The Bertz CT molecular complexity index is 5140. The average Bonchev–Trinajstić information content (AvgIpc) is 1.64. The van der Waals surface area contributed by atoms with Gasteiger partial charge in [-0.05, 0) is 269 Å². The Kier molecular flexibility index (Phi) is 33.7. The number of hydrogen-bond donors (Lipinski definition) is 12. The fourth-order valence-electron chi connectivity index (χ4n) is 16.3. The molecule has 33 nitrogen and oxygen atoms in total. The highest BCUT2D eigenvalue weighted by atomic mass is 32.1. The lowest BCUT2D eigenvalue weighted by atomic mass is 10.1. The van der Waals surface area contributed by atoms with Crippen LogP contribution in [0.15, 0.2) is 49.1 Å². The second-order valence-electron chi connectivity index (χ2n) is 39.7. The van der Waals surface area contributed by atoms with Gasteiger partial charge in [0.1, 0.15) is 46.0 Å². The van der Waals surface area contributed by atoms with E-state index >= 15 is 0 Å². The average molecular weight is 1890 g/mol. The van der Waals surface area contributed by atoms with Gasteiger partial charge in [0.05, 0.1) is 69.2 Å². The highest BCUT2D eigenvalue weighted by Gasteiger charge is 2.40. The number of rotatable bonds is 22. The number of thiazole rings is 4. The van der Waals surface area contributed by atoms with E-state index in [4.69, 9.17) is 4.74 Å². The molecule has 12 N–H and O–H groups in total. The number of nitrogens with zero attached hydrogens (tertiary/aromatic N) is 12. The molecular formula is C95H134N20O13S4. The Hall–Kier alpha value is -10.1. The molecular weight excluding hydrogens is 1760 g/mol. The minimum Gasteiger partial charge on any atom is -0.392 e. The maximum Gasteiger partial charge on any atom is 0.280 e. The number of aliphatic hydroxyl groups is 4. The Morgan fingerprint density at radius 2 is 0.652 bits per heavy atom. The molecule has 13 heterocycles. The third-order valence-corrected chi connectivity index (χ3v) is 27.4. The van der Waals surface area contributed by atoms with Crippen LogP contribution >= 0.6 is 45.3 Å². The molecule has 37 heteroatoms. The van der Waals surface area contributed by atoms with Crippen molar-refractivity contribution >= 4 is 116 Å². The van der Waals surface area contributed by atoms with Crippen molar-refractivity contribution in [2.24, 2.45) is 0 Å². The first kappa shape index (κ1) is 102. The zero-order chi connectivity index (χ0) is 96.5. The molecule has 1 saturated carbocycles. The Labute approximate surface area is 790 Å². The van der Waals surface area contributed by atoms with E-state index < -0.39 is 48.2 Å². The number of amides is 8. The Morgan fingerprint density at radius 1 is 0.386 bits per heavy atom. The van der Waals surface area contributed by atoms with E-state index in [0.717, 1.165) is 132 Å². The molecule has 8 amide bonds. The topological polar surface area (TPSA) is 439 Å². The highest BCUT2D eigenvalue weighted by Crippen LogP contribution is 2.42. The van der Waals surface area contributed by atoms with Gasteiger partial charge in [0, 0.05) is 133 Å². The number of ether oxygens (including phenoxy) is 1. The lowest BCUT2D eigenvalue weighted by molar-refractivity contribution is 0.0734. The summed E-state index contributed by atoms with van der Waals surface area (Å²) in [6, 6.07) is 7.58. The molecule has 716 valence electrons. The predicted octanol–water partition coefficient (Wildman–Crippen LogP) is 13.7. The van der Waals surface area contributed by atoms with Crippen molar-refractivity contribution in [1.82, 2.24) is 80.7 Å². The predicted molar refractivity (Wildman–Crippen MR) is 520 cm³/mol. The standard InChI is InChI=1S/C25H35N5O3S.C24H33N5O4S.2C23H33N5O3S/c1-14-12-19(29-25(3,4)5)26-13-16(14)21-20(24(33)30-11-7-8-15(30)2)28-23(34-21)22(32)27-17-9-6-10-18(17)31;1-13-9-18(28-24(3,4)5)25-10-15(13)20-19(23(32)29-8-6-7-14(29)2)27-22(34-20)21(31)26-16-11-33-12-17(16)30;2*1-13-10-17(27-23(4,5)6)24-12-16(13)19-18(22(31)28-9-7-8-14(28)2)26-21(32-19)20(30)25-11-15(3)29/h12-13,15,17-18,31H,6-11H2,1-5H3,(H,26,29)(H,27,32);9-10,14,16-17,30H,6-8,11-12H2,1-5H3,(H,25,28)(H,26,31);2*10,12,14-15,29H,7-9,11H2,1-6H3,(H,24,27)(H,25,30)/t15-,17?,18?;14-,16-,17-;14-,15?;14-,15+/m0000/s1. The number of anilines is 4. The number of aryl methyl sites for hydroxylation is 4. The lowest BCUT2D eigenvalue weighted by Gasteiger charge is -2.22. The quantitative estimate of drug-likeness (QED) is 0.0300. The number of hydrogen-bond acceptors (Lipinski definition) is 29. The van der Waals surface area contributed by atoms with Gasteiger partial charge in [0.15, 0.2) is 20.0 Å². The van der Waals surface area contributed by atoms with Crippen LogP contribution in [0.1, 0.15) is 299 Å². The first-order valence-corrected chi connectivity index (χ1v) is 49.0. The van der Waals surface area contributed by atoms with Gasteiger partial charge in [0.25, 0.3) is 47.3 Å². The summed E-state index contributed by atoms with van der Waals surface area (Å²) >= 11 is 4.75. The second kappa shape index (κ2) is 43.5. The monoisotopic (exact) mass is 1890 g/mol. The summed E-state index contributed by atoms with van der Waals surface area (Å²) in [6.07, 6.45) is 14.3. The third-order valence-electron chi connectivity index (χ3n) is 23.1. The molecule has 8 aromatic rings. The third kappa shape index (κ3) is 26.7. The number of carbonyl (C=O) groups is 8. The van der Waals surface area contributed by atoms with Crippen molar-refractivity contribution in [3.63, 3.8) is 0 Å². The van der Waals surface area contributed by atoms with Crippen molar-refractivity contribution < 1.29 is 63.5 Å². The molecule has 6 aliphatic rings. The van der Waals surface area contributed by atoms with Crippen molar-refractivity contribution in [2.75, 3.05) is 73.7 Å². The Morgan fingerprint density at radius 3 is 0.864 bits per heavy atom. The molecule has 1 aliphatic carbocycles. The number of aliphatic hydroxyl groups excluding tert-OH is 4. The zero-order valence-electron chi connectivity index (χ0n) is 80.3. The van der Waals surface area contributed by atoms with Crippen LogP contribution in [0, 0.1) is 27.7 Å². The summed E-state index contributed by atoms with van der Waals surface area (Å²) in [5, 5.41) is 64.4. The summed E-state index contributed by atoms with van der Waals surface area (Å²) in [5.74, 6) is 0.791. The van der Waals surface area contributed by atoms with Crippen LogP contribution in [0.4, 0.5) is 23.3 Å². The molecule has 5 aliphatic heterocycles. The van der Waals surface area contributed by atoms with Gasteiger partial charge in [-0.15, -0.1) is 45.3 Å². The first-order chi connectivity index (χ1) is 62.0. The summed E-state index contributed by atoms with van der Waals surface area (Å²) in [6.45, 7) is 47.4. The fourth-order valence-corrected chi connectivity index (χ4v) is 20.5. The first-order valence-electron chi connectivity index (χ1n) is 45.7. The SMILES string of the molecule is Cc1cc(NC(C)(C)C)ncc1-c1sc(C(=O)NC2CCCC2O)nc1C(=O)N1CCC[C@@H]1C.Cc1cc(NC(C)(C)C)ncc1-c1sc(C(=O)NCC(C)O)nc1C(=O)N1CCC[C@@H]1C.Cc1cc(NC(C)(C)C)ncc1-c1sc(C(=O)NC[C@@H](C)O)nc1C(=O)N1CCC[C@@H]1C.Cc1cc(NC(C)(C)C)ncc1-c1sc(C(=O)N[C@H]2COC[C@@H]2O)nc1C(=O)N1CCC[C@@H]1C. The largest absolute Gasteiger partial charge is 0.392 e. The van der Waals surface area contributed by atoms with E-state index in [2.05, 4.69) is 165 Å². The molecule has 6 fully saturated rings. The van der Waals surface area contributed by atoms with Gasteiger partial charge in [-0.25, -0.2) is 39.9 Å². The molecule has 132 heavy (non-hydrogen) atoms. The molecule has 0 radical (unpaired) electrons. The number of aromatic nitrogens is 8. The van der Waals surface area contributed by atoms with Gasteiger partial charge in [-0.1, -0.05) is 0 Å². The van der Waals surface area contributed by atoms with Gasteiger partial charge in [-0.3, -0.25) is 38.4 Å². The fraction of sp³-hybridized carbons (Fsp3) is 0.579. The lowest BCUT2D eigenvalue weighted by Crippen LogP contribution is -2.42. The van der Waals surface area contributed by atoms with E-state index in [-0.39, 0.29) is 145 Å². The van der Waals surface area contributed by atoms with Crippen LogP contribution in [0.2, 0.25) is 0 Å². The van der Waals surface area contributed by atoms with Crippen LogP contribution in [-0.4, -0.2) is 262 Å². The number of carbonyl (C=O) groups excluding carboxylic acids is 8. The van der Waals surface area contributed by atoms with Gasteiger partial charge >= 0.3 is 0 Å². The van der Waals surface area contributed by atoms with Crippen LogP contribution in [0.25, 0.3) is 41.8 Å². The zero-order valence-corrected chi connectivity index (χ0v) is 83.6. The molecule has 0 bridgehead atoms. The molecule has 0 spiro atoms. The summed E-state index contributed by atoms with van der Waals surface area (Å²) in [7, 11) is 0. The summed E-state index contributed by atoms with van der Waals surface area (Å²) in [5.41, 5.74) is 7.51. The number of pyridine rings is 4. The Balaban J connectivity index is 0.000000170. The second-order valence-corrected chi connectivity index (χ2v) is 43.7. The number of nitrogens with one attached hydrogen (secondary N) is 8. The smallest absolute Gasteiger partial charge is 0.280 e. The summed E-state index contributed by atoms with van der Waals surface area (Å²) < 4.78 is 5.23. The normalized spacial score (nSPS) is 20.1. The molecule has 8 aromatic heterocycles. The van der Waals surface area contributed by atoms with Crippen molar-refractivity contribution in [3.8, 4) is 41.8 Å². The van der Waals surface area contributed by atoms with Crippen molar-refractivity contribution in [1.29, 1.82) is 0 Å². The van der Waals surface area contributed by atoms with Crippen molar-refractivity contribution in [2.45, 2.75) is 306 Å². The van der Waals surface area contributed by atoms with Crippen LogP contribution in [0.5, 0.6) is 0 Å². The maximum absolute atomic E-state index is 13.5. The highest BCUT2D eigenvalue weighted by molar-refractivity contribution is 7.18. The van der Waals surface area contributed by atoms with Crippen molar-refractivity contribution in [3.05, 3.63) is 114 Å². The van der Waals surface area contributed by atoms with E-state index in [1.807, 2.05) is 99.3 Å². The minimum absolute atomic E-state index is 0.119. The van der Waals surface area contributed by atoms with Gasteiger partial charge in [-0.2, -0.15) is 0 Å². The molecule has 10 atom stereocenters. The van der Waals surface area contributed by atoms with Gasteiger partial charge in [0.2, 0.25) is 0 Å². The van der Waals surface area contributed by atoms with E-state index in [1.54, 1.807) is 38.6 Å². The van der Waals surface area contributed by atoms with Gasteiger partial charge < -0.3 is 87.3 Å². The molecule has 0 aromatic carbocycles. The van der Waals surface area contributed by atoms with E-state index in [1.165, 1.54) is 45.3 Å². The van der Waals surface area contributed by atoms with E-state index in [0.29, 0.717) is 57.8 Å². The molecule has 14 rings (SSSR count). The van der Waals surface area contributed by atoms with Crippen LogP contribution < -0.4 is 42.5 Å². The molecule has 5 saturated heterocycles. The van der Waals surface area contributed by atoms with Crippen LogP contribution in [-0.2, 0) is 4.74 Å². The number of likely N-dealkylation sites (tertiary alicyclic amines) is 4. The minimum atomic E-state index is -0.760.